The highest BCUT2D eigenvalue weighted by atomic mass is 127. The first-order valence-electron chi connectivity index (χ1n) is 4.16. The maximum absolute atomic E-state index is 12.5. The molecule has 17 heavy (non-hydrogen) atoms. The van der Waals surface area contributed by atoms with Gasteiger partial charge in [-0.3, -0.25) is 19.9 Å². The van der Waals surface area contributed by atoms with Crippen molar-refractivity contribution in [2.24, 2.45) is 0 Å². The molecule has 0 aromatic carbocycles. The molecule has 0 saturated heterocycles. The lowest BCUT2D eigenvalue weighted by Gasteiger charge is -2.06. The lowest BCUT2D eigenvalue weighted by atomic mass is 10.2. The number of aromatic nitrogens is 1. The van der Waals surface area contributed by atoms with Crippen LogP contribution in [0.4, 0.5) is 14.5 Å². The van der Waals surface area contributed by atoms with E-state index < -0.39 is 35.0 Å². The fourth-order valence-corrected chi connectivity index (χ4v) is 2.02. The summed E-state index contributed by atoms with van der Waals surface area (Å²) in [7, 11) is 0. The summed E-state index contributed by atoms with van der Waals surface area (Å²) in [4.78, 5) is 23.7. The van der Waals surface area contributed by atoms with Crippen molar-refractivity contribution in [1.29, 1.82) is 0 Å². The highest BCUT2D eigenvalue weighted by molar-refractivity contribution is 14.1. The van der Waals surface area contributed by atoms with Crippen LogP contribution in [0, 0.1) is 13.7 Å². The Kier molecular flexibility index (Phi) is 4.26. The van der Waals surface area contributed by atoms with Crippen LogP contribution in [0.2, 0.25) is 0 Å². The Hall–Kier alpha value is -1.39. The van der Waals surface area contributed by atoms with Crippen LogP contribution < -0.4 is 0 Å². The fourth-order valence-electron chi connectivity index (χ4n) is 1.14. The lowest BCUT2D eigenvalue weighted by Crippen LogP contribution is -2.09. The average Bonchev–Trinajstić information content (AvgIpc) is 2.15. The van der Waals surface area contributed by atoms with Crippen molar-refractivity contribution in [2.75, 3.05) is 0 Å². The number of nitro groups is 1. The Labute approximate surface area is 107 Å². The molecule has 1 rings (SSSR count). The first kappa shape index (κ1) is 13.7. The molecule has 0 aliphatic heterocycles. The summed E-state index contributed by atoms with van der Waals surface area (Å²) in [6.07, 6.45) is -2.82. The molecule has 1 aromatic heterocycles. The molecule has 0 atom stereocenters. The van der Waals surface area contributed by atoms with E-state index in [0.29, 0.717) is 0 Å². The van der Waals surface area contributed by atoms with E-state index in [1.807, 2.05) is 0 Å². The Morgan fingerprint density at radius 2 is 2.24 bits per heavy atom. The third kappa shape index (κ3) is 3.05. The van der Waals surface area contributed by atoms with E-state index >= 15 is 0 Å². The standard InChI is InChI=1S/C8H5F2IN2O4/c9-8(10)3-2-12-4(1-5(14)15)7(6(3)11)13(16)17/h2,8H,1H2,(H,14,15). The molecular weight excluding hydrogens is 353 g/mol. The highest BCUT2D eigenvalue weighted by Crippen LogP contribution is 2.32. The maximum atomic E-state index is 12.5. The van der Waals surface area contributed by atoms with Gasteiger partial charge in [-0.15, -0.1) is 0 Å². The van der Waals surface area contributed by atoms with E-state index in [4.69, 9.17) is 5.11 Å². The molecule has 0 aliphatic rings. The number of aliphatic carboxylic acids is 1. The summed E-state index contributed by atoms with van der Waals surface area (Å²) in [5, 5.41) is 19.3. The van der Waals surface area contributed by atoms with Crippen LogP contribution in [-0.4, -0.2) is 21.0 Å². The third-order valence-electron chi connectivity index (χ3n) is 1.83. The molecule has 0 fully saturated rings. The summed E-state index contributed by atoms with van der Waals surface area (Å²) >= 11 is 1.39. The van der Waals surface area contributed by atoms with Crippen molar-refractivity contribution in [2.45, 2.75) is 12.8 Å². The first-order valence-corrected chi connectivity index (χ1v) is 5.24. The van der Waals surface area contributed by atoms with Crippen molar-refractivity contribution in [3.63, 3.8) is 0 Å². The van der Waals surface area contributed by atoms with Gasteiger partial charge in [-0.05, 0) is 22.6 Å². The number of rotatable bonds is 4. The number of hydrogen-bond donors (Lipinski definition) is 1. The summed E-state index contributed by atoms with van der Waals surface area (Å²) in [6.45, 7) is 0. The van der Waals surface area contributed by atoms with E-state index in [2.05, 4.69) is 4.98 Å². The summed E-state index contributed by atoms with van der Waals surface area (Å²) in [5.74, 6) is -1.32. The topological polar surface area (TPSA) is 93.3 Å². The molecule has 1 heterocycles. The zero-order valence-electron chi connectivity index (χ0n) is 8.06. The second kappa shape index (κ2) is 5.29. The lowest BCUT2D eigenvalue weighted by molar-refractivity contribution is -0.387. The molecule has 0 bridgehead atoms. The molecule has 6 nitrogen and oxygen atoms in total. The molecule has 1 N–H and O–H groups in total. The number of carbonyl (C=O) groups is 1. The molecule has 0 unspecified atom stereocenters. The largest absolute Gasteiger partial charge is 0.481 e. The molecule has 0 saturated carbocycles. The molecule has 0 radical (unpaired) electrons. The van der Waals surface area contributed by atoms with Gasteiger partial charge in [0.25, 0.3) is 6.43 Å². The molecular formula is C8H5F2IN2O4. The Bertz CT molecular complexity index is 481. The third-order valence-corrected chi connectivity index (χ3v) is 2.96. The average molecular weight is 358 g/mol. The van der Waals surface area contributed by atoms with Gasteiger partial charge in [-0.25, -0.2) is 8.78 Å². The van der Waals surface area contributed by atoms with E-state index in [9.17, 15) is 23.7 Å². The van der Waals surface area contributed by atoms with Gasteiger partial charge in [0, 0.05) is 6.20 Å². The Balaban J connectivity index is 3.39. The number of carboxylic acids is 1. The predicted octanol–water partition coefficient (Wildman–Crippen LogP) is 2.16. The van der Waals surface area contributed by atoms with E-state index in [-0.39, 0.29) is 9.26 Å². The minimum Gasteiger partial charge on any atom is -0.481 e. The normalized spacial score (nSPS) is 10.6. The smallest absolute Gasteiger partial charge is 0.309 e. The number of alkyl halides is 2. The Morgan fingerprint density at radius 1 is 1.65 bits per heavy atom. The molecule has 0 spiro atoms. The molecule has 9 heteroatoms. The van der Waals surface area contributed by atoms with Gasteiger partial charge in [0.2, 0.25) is 0 Å². The van der Waals surface area contributed by atoms with Crippen LogP contribution in [0.15, 0.2) is 6.20 Å². The second-order valence-electron chi connectivity index (χ2n) is 2.95. The first-order chi connectivity index (χ1) is 7.84. The van der Waals surface area contributed by atoms with Gasteiger partial charge in [0.15, 0.2) is 0 Å². The van der Waals surface area contributed by atoms with E-state index in [1.165, 1.54) is 22.6 Å². The number of hydrogen-bond acceptors (Lipinski definition) is 4. The number of pyridine rings is 1. The van der Waals surface area contributed by atoms with Crippen LogP contribution in [0.3, 0.4) is 0 Å². The van der Waals surface area contributed by atoms with Crippen molar-refractivity contribution in [3.8, 4) is 0 Å². The van der Waals surface area contributed by atoms with Crippen LogP contribution in [-0.2, 0) is 11.2 Å². The molecule has 1 aromatic rings. The van der Waals surface area contributed by atoms with Gasteiger partial charge < -0.3 is 5.11 Å². The van der Waals surface area contributed by atoms with Crippen LogP contribution in [0.1, 0.15) is 17.7 Å². The number of halogens is 3. The molecule has 92 valence electrons. The van der Waals surface area contributed by atoms with E-state index in [1.54, 1.807) is 0 Å². The van der Waals surface area contributed by atoms with E-state index in [0.717, 1.165) is 6.20 Å². The molecule has 0 aliphatic carbocycles. The van der Waals surface area contributed by atoms with Gasteiger partial charge in [-0.1, -0.05) is 0 Å². The monoisotopic (exact) mass is 358 g/mol. The minimum atomic E-state index is -2.90. The Morgan fingerprint density at radius 3 is 2.65 bits per heavy atom. The van der Waals surface area contributed by atoms with Gasteiger partial charge >= 0.3 is 11.7 Å². The summed E-state index contributed by atoms with van der Waals surface area (Å²) in [5.41, 5.74) is -1.59. The highest BCUT2D eigenvalue weighted by Gasteiger charge is 2.27. The van der Waals surface area contributed by atoms with Gasteiger partial charge in [0.05, 0.1) is 16.9 Å². The van der Waals surface area contributed by atoms with Crippen molar-refractivity contribution >= 4 is 34.2 Å². The van der Waals surface area contributed by atoms with Crippen LogP contribution in [0.5, 0.6) is 0 Å². The zero-order chi connectivity index (χ0) is 13.2. The quantitative estimate of drug-likeness (QED) is 0.506. The van der Waals surface area contributed by atoms with Crippen molar-refractivity contribution < 1.29 is 23.6 Å². The van der Waals surface area contributed by atoms with Gasteiger partial charge in [0.1, 0.15) is 9.26 Å². The summed E-state index contributed by atoms with van der Waals surface area (Å²) in [6, 6.07) is 0. The van der Waals surface area contributed by atoms with Crippen molar-refractivity contribution in [1.82, 2.24) is 4.98 Å². The molecule has 0 amide bonds. The van der Waals surface area contributed by atoms with Gasteiger partial charge in [-0.2, -0.15) is 0 Å². The minimum absolute atomic E-state index is 0.283. The van der Waals surface area contributed by atoms with Crippen molar-refractivity contribution in [3.05, 3.63) is 31.1 Å². The zero-order valence-corrected chi connectivity index (χ0v) is 10.2. The SMILES string of the molecule is O=C(O)Cc1ncc(C(F)F)c(I)c1[N+](=O)[O-]. The van der Waals surface area contributed by atoms with Crippen LogP contribution >= 0.6 is 22.6 Å². The number of carboxylic acid groups (broad SMARTS) is 1. The number of nitrogens with zero attached hydrogens (tertiary/aromatic N) is 2. The summed E-state index contributed by atoms with van der Waals surface area (Å²) < 4.78 is 24.7. The van der Waals surface area contributed by atoms with Crippen LogP contribution in [0.25, 0.3) is 0 Å². The fraction of sp³-hybridized carbons (Fsp3) is 0.250. The second-order valence-corrected chi connectivity index (χ2v) is 4.03. The predicted molar refractivity (Wildman–Crippen MR) is 59.9 cm³/mol. The maximum Gasteiger partial charge on any atom is 0.309 e.